The Kier molecular flexibility index (Phi) is 6.04. The Bertz CT molecular complexity index is 759. The van der Waals surface area contributed by atoms with Gasteiger partial charge in [0, 0.05) is 17.0 Å². The SMILES string of the molecule is C[C@H]1[C@@H](NC(=O)COC(=O)c2csc(-c3ccccc3)n2)CCC[C@@H]1C. The molecule has 1 aromatic carbocycles. The van der Waals surface area contributed by atoms with Crippen molar-refractivity contribution in [2.45, 2.75) is 39.2 Å². The molecule has 1 heterocycles. The van der Waals surface area contributed by atoms with Gasteiger partial charge < -0.3 is 10.1 Å². The van der Waals surface area contributed by atoms with Gasteiger partial charge in [0.05, 0.1) is 0 Å². The molecule has 3 atom stereocenters. The lowest BCUT2D eigenvalue weighted by Crippen LogP contribution is -2.45. The lowest BCUT2D eigenvalue weighted by Gasteiger charge is -2.34. The number of benzene rings is 1. The van der Waals surface area contributed by atoms with Gasteiger partial charge in [0.15, 0.2) is 12.3 Å². The molecule has 3 rings (SSSR count). The summed E-state index contributed by atoms with van der Waals surface area (Å²) in [5.41, 5.74) is 1.19. The molecule has 6 heteroatoms. The number of nitrogens with one attached hydrogen (secondary N) is 1. The molecular weight excluding hydrogens is 348 g/mol. The summed E-state index contributed by atoms with van der Waals surface area (Å²) in [6.07, 6.45) is 3.31. The number of hydrogen-bond acceptors (Lipinski definition) is 5. The summed E-state index contributed by atoms with van der Waals surface area (Å²) in [6, 6.07) is 9.81. The largest absolute Gasteiger partial charge is 0.451 e. The minimum absolute atomic E-state index is 0.161. The van der Waals surface area contributed by atoms with Gasteiger partial charge in [-0.15, -0.1) is 11.3 Å². The van der Waals surface area contributed by atoms with E-state index in [1.165, 1.54) is 17.8 Å². The van der Waals surface area contributed by atoms with Gasteiger partial charge in [0.1, 0.15) is 5.01 Å². The number of carbonyl (C=O) groups excluding carboxylic acids is 2. The molecule has 5 nitrogen and oxygen atoms in total. The normalized spacial score (nSPS) is 22.6. The minimum atomic E-state index is -0.566. The van der Waals surface area contributed by atoms with Crippen molar-refractivity contribution in [3.63, 3.8) is 0 Å². The van der Waals surface area contributed by atoms with Gasteiger partial charge in [-0.1, -0.05) is 57.0 Å². The first-order chi connectivity index (χ1) is 12.5. The number of amides is 1. The predicted octanol–water partition coefficient (Wildman–Crippen LogP) is 3.91. The molecule has 0 saturated heterocycles. The highest BCUT2D eigenvalue weighted by Crippen LogP contribution is 2.29. The van der Waals surface area contributed by atoms with Gasteiger partial charge in [-0.05, 0) is 18.3 Å². The average molecular weight is 372 g/mol. The van der Waals surface area contributed by atoms with Crippen LogP contribution in [0, 0.1) is 11.8 Å². The van der Waals surface area contributed by atoms with E-state index >= 15 is 0 Å². The number of thiazole rings is 1. The zero-order valence-corrected chi connectivity index (χ0v) is 15.9. The molecule has 1 aliphatic rings. The summed E-state index contributed by atoms with van der Waals surface area (Å²) in [5.74, 6) is 0.227. The number of ether oxygens (including phenoxy) is 1. The Labute approximate surface area is 157 Å². The number of hydrogen-bond donors (Lipinski definition) is 1. The number of rotatable bonds is 5. The number of esters is 1. The van der Waals surface area contributed by atoms with Crippen LogP contribution in [0.3, 0.4) is 0 Å². The molecule has 0 unspecified atom stereocenters. The highest BCUT2D eigenvalue weighted by Gasteiger charge is 2.28. The van der Waals surface area contributed by atoms with E-state index in [4.69, 9.17) is 4.74 Å². The van der Waals surface area contributed by atoms with E-state index < -0.39 is 5.97 Å². The first kappa shape index (κ1) is 18.6. The Hall–Kier alpha value is -2.21. The van der Waals surface area contributed by atoms with Crippen LogP contribution >= 0.6 is 11.3 Å². The van der Waals surface area contributed by atoms with Crippen LogP contribution in [0.25, 0.3) is 10.6 Å². The summed E-state index contributed by atoms with van der Waals surface area (Å²) in [4.78, 5) is 28.6. The molecule has 1 aliphatic carbocycles. The maximum absolute atomic E-state index is 12.1. The van der Waals surface area contributed by atoms with Crippen LogP contribution in [0.4, 0.5) is 0 Å². The van der Waals surface area contributed by atoms with E-state index in [1.807, 2.05) is 30.3 Å². The highest BCUT2D eigenvalue weighted by atomic mass is 32.1. The predicted molar refractivity (Wildman–Crippen MR) is 102 cm³/mol. The van der Waals surface area contributed by atoms with Gasteiger partial charge in [0.2, 0.25) is 0 Å². The second kappa shape index (κ2) is 8.45. The summed E-state index contributed by atoms with van der Waals surface area (Å²) in [5, 5.41) is 5.42. The topological polar surface area (TPSA) is 68.3 Å². The molecule has 1 amide bonds. The number of carbonyl (C=O) groups is 2. The molecular formula is C20H24N2O3S. The third-order valence-electron chi connectivity index (χ3n) is 5.12. The number of nitrogens with zero attached hydrogens (tertiary/aromatic N) is 1. The van der Waals surface area contributed by atoms with Gasteiger partial charge in [-0.3, -0.25) is 4.79 Å². The lowest BCUT2D eigenvalue weighted by atomic mass is 9.78. The molecule has 1 saturated carbocycles. The van der Waals surface area contributed by atoms with Crippen molar-refractivity contribution >= 4 is 23.2 Å². The van der Waals surface area contributed by atoms with Crippen LogP contribution < -0.4 is 5.32 Å². The zero-order chi connectivity index (χ0) is 18.5. The second-order valence-electron chi connectivity index (χ2n) is 6.92. The molecule has 2 aromatic rings. The summed E-state index contributed by atoms with van der Waals surface area (Å²) >= 11 is 1.38. The molecule has 0 aliphatic heterocycles. The average Bonchev–Trinajstić information content (AvgIpc) is 3.14. The quantitative estimate of drug-likeness (QED) is 0.808. The van der Waals surface area contributed by atoms with Crippen molar-refractivity contribution in [1.29, 1.82) is 0 Å². The smallest absolute Gasteiger partial charge is 0.358 e. The highest BCUT2D eigenvalue weighted by molar-refractivity contribution is 7.13. The van der Waals surface area contributed by atoms with E-state index in [9.17, 15) is 9.59 Å². The standard InChI is InChI=1S/C20H24N2O3S/c1-13-7-6-10-16(14(13)2)21-18(23)11-25-20(24)17-12-26-19(22-17)15-8-4-3-5-9-15/h3-5,8-9,12-14,16H,6-7,10-11H2,1-2H3,(H,21,23)/t13-,14+,16-/m0/s1. The Morgan fingerprint density at radius 3 is 2.77 bits per heavy atom. The molecule has 0 spiro atoms. The fourth-order valence-corrected chi connectivity index (χ4v) is 4.12. The van der Waals surface area contributed by atoms with Crippen molar-refractivity contribution in [1.82, 2.24) is 10.3 Å². The maximum Gasteiger partial charge on any atom is 0.358 e. The van der Waals surface area contributed by atoms with Gasteiger partial charge in [-0.25, -0.2) is 9.78 Å². The molecule has 138 valence electrons. The molecule has 1 fully saturated rings. The minimum Gasteiger partial charge on any atom is -0.451 e. The van der Waals surface area contributed by atoms with E-state index in [0.29, 0.717) is 11.8 Å². The van der Waals surface area contributed by atoms with Crippen molar-refractivity contribution in [3.05, 3.63) is 41.4 Å². The monoisotopic (exact) mass is 372 g/mol. The van der Waals surface area contributed by atoms with Crippen molar-refractivity contribution in [2.75, 3.05) is 6.61 Å². The van der Waals surface area contributed by atoms with Crippen molar-refractivity contribution in [2.24, 2.45) is 11.8 Å². The third-order valence-corrected chi connectivity index (χ3v) is 6.01. The van der Waals surface area contributed by atoms with Crippen LogP contribution in [-0.4, -0.2) is 29.5 Å². The van der Waals surface area contributed by atoms with E-state index in [1.54, 1.807) is 5.38 Å². The van der Waals surface area contributed by atoms with E-state index in [0.717, 1.165) is 23.4 Å². The van der Waals surface area contributed by atoms with Gasteiger partial charge >= 0.3 is 5.97 Å². The van der Waals surface area contributed by atoms with Crippen LogP contribution in [0.1, 0.15) is 43.6 Å². The lowest BCUT2D eigenvalue weighted by molar-refractivity contribution is -0.125. The van der Waals surface area contributed by atoms with Gasteiger partial charge in [-0.2, -0.15) is 0 Å². The summed E-state index contributed by atoms with van der Waals surface area (Å²) < 4.78 is 5.14. The van der Waals surface area contributed by atoms with Crippen LogP contribution in [0.2, 0.25) is 0 Å². The van der Waals surface area contributed by atoms with Crippen LogP contribution in [0.5, 0.6) is 0 Å². The van der Waals surface area contributed by atoms with Crippen molar-refractivity contribution in [3.8, 4) is 10.6 Å². The molecule has 1 N–H and O–H groups in total. The second-order valence-corrected chi connectivity index (χ2v) is 7.78. The van der Waals surface area contributed by atoms with Crippen LogP contribution in [0.15, 0.2) is 35.7 Å². The fourth-order valence-electron chi connectivity index (χ4n) is 3.32. The van der Waals surface area contributed by atoms with E-state index in [-0.39, 0.29) is 24.2 Å². The summed E-state index contributed by atoms with van der Waals surface area (Å²) in [6.45, 7) is 4.12. The van der Waals surface area contributed by atoms with Crippen LogP contribution in [-0.2, 0) is 9.53 Å². The van der Waals surface area contributed by atoms with Crippen molar-refractivity contribution < 1.29 is 14.3 Å². The molecule has 0 radical (unpaired) electrons. The Morgan fingerprint density at radius 1 is 1.23 bits per heavy atom. The maximum atomic E-state index is 12.1. The van der Waals surface area contributed by atoms with Gasteiger partial charge in [0.25, 0.3) is 5.91 Å². The third kappa shape index (κ3) is 4.49. The first-order valence-corrected chi connectivity index (χ1v) is 9.90. The summed E-state index contributed by atoms with van der Waals surface area (Å²) in [7, 11) is 0. The first-order valence-electron chi connectivity index (χ1n) is 9.02. The molecule has 1 aromatic heterocycles. The number of aromatic nitrogens is 1. The van der Waals surface area contributed by atoms with E-state index in [2.05, 4.69) is 24.1 Å². The molecule has 0 bridgehead atoms. The Morgan fingerprint density at radius 2 is 2.00 bits per heavy atom. The zero-order valence-electron chi connectivity index (χ0n) is 15.1. The Balaban J connectivity index is 1.51. The fraction of sp³-hybridized carbons (Fsp3) is 0.450. The molecule has 26 heavy (non-hydrogen) atoms.